The van der Waals surface area contributed by atoms with Crippen molar-refractivity contribution in [1.29, 1.82) is 5.41 Å². The van der Waals surface area contributed by atoms with E-state index in [0.717, 1.165) is 49.2 Å². The normalized spacial score (nSPS) is 15.1. The molecule has 0 aliphatic carbocycles. The molecular formula is C30H38N4O3. The van der Waals surface area contributed by atoms with Crippen molar-refractivity contribution in [2.45, 2.75) is 31.2 Å². The Hall–Kier alpha value is -3.55. The second kappa shape index (κ2) is 12.6. The summed E-state index contributed by atoms with van der Waals surface area (Å²) in [7, 11) is 4.94. The van der Waals surface area contributed by atoms with E-state index in [9.17, 15) is 5.41 Å². The van der Waals surface area contributed by atoms with Crippen LogP contribution in [0.3, 0.4) is 0 Å². The maximum absolute atomic E-state index is 9.21. The van der Waals surface area contributed by atoms with E-state index in [0.29, 0.717) is 29.8 Å². The predicted molar refractivity (Wildman–Crippen MR) is 148 cm³/mol. The van der Waals surface area contributed by atoms with Gasteiger partial charge in [0.2, 0.25) is 0 Å². The number of hydrogen-bond donors (Lipinski definition) is 2. The van der Waals surface area contributed by atoms with E-state index in [4.69, 9.17) is 20.1 Å². The molecule has 1 saturated heterocycles. The van der Waals surface area contributed by atoms with Gasteiger partial charge in [-0.2, -0.15) is 0 Å². The molecule has 4 rings (SSSR count). The van der Waals surface area contributed by atoms with Crippen molar-refractivity contribution in [2.75, 3.05) is 41.0 Å². The standard InChI is InChI=1S/C30H38N4O3/c1-35-25-14-12-22(13-15-25)16-21-34(32)30(31)28(26-10-7-11-27(36-2)29(26)37-3)33-19-17-24(18-20-33)23-8-5-4-6-9-23/h4-15,24,28,31H,16-21,32H2,1-3H3. The molecule has 3 N–H and O–H groups in total. The van der Waals surface area contributed by atoms with Crippen molar-refractivity contribution in [2.24, 2.45) is 5.84 Å². The highest BCUT2D eigenvalue weighted by atomic mass is 16.5. The molecule has 1 aliphatic rings. The van der Waals surface area contributed by atoms with Crippen LogP contribution in [0.15, 0.2) is 72.8 Å². The molecular weight excluding hydrogens is 464 g/mol. The lowest BCUT2D eigenvalue weighted by Crippen LogP contribution is -2.48. The van der Waals surface area contributed by atoms with Gasteiger partial charge >= 0.3 is 0 Å². The highest BCUT2D eigenvalue weighted by molar-refractivity contribution is 5.86. The molecule has 7 nitrogen and oxygen atoms in total. The number of amidine groups is 1. The Kier molecular flexibility index (Phi) is 9.04. The molecule has 3 aromatic carbocycles. The molecule has 1 heterocycles. The second-order valence-corrected chi connectivity index (χ2v) is 9.38. The monoisotopic (exact) mass is 502 g/mol. The van der Waals surface area contributed by atoms with Gasteiger partial charge in [0, 0.05) is 12.1 Å². The van der Waals surface area contributed by atoms with Crippen molar-refractivity contribution in [3.63, 3.8) is 0 Å². The second-order valence-electron chi connectivity index (χ2n) is 9.38. The largest absolute Gasteiger partial charge is 0.497 e. The number of nitrogens with two attached hydrogens (primary N) is 1. The molecule has 0 amide bonds. The highest BCUT2D eigenvalue weighted by Crippen LogP contribution is 2.40. The third kappa shape index (κ3) is 6.24. The summed E-state index contributed by atoms with van der Waals surface area (Å²) in [6.45, 7) is 2.24. The number of nitrogens with zero attached hydrogens (tertiary/aromatic N) is 2. The number of hydrogen-bond acceptors (Lipinski definition) is 6. The summed E-state index contributed by atoms with van der Waals surface area (Å²) in [6, 6.07) is 24.2. The number of para-hydroxylation sites is 1. The molecule has 37 heavy (non-hydrogen) atoms. The van der Waals surface area contributed by atoms with E-state index in [1.165, 1.54) is 5.56 Å². The van der Waals surface area contributed by atoms with Crippen molar-refractivity contribution in [3.05, 3.63) is 89.5 Å². The first-order valence-corrected chi connectivity index (χ1v) is 12.8. The topological polar surface area (TPSA) is 84.0 Å². The van der Waals surface area contributed by atoms with Gasteiger partial charge < -0.3 is 14.2 Å². The Morgan fingerprint density at radius 1 is 0.919 bits per heavy atom. The molecule has 0 bridgehead atoms. The Labute approximate surface area is 220 Å². The minimum Gasteiger partial charge on any atom is -0.497 e. The van der Waals surface area contributed by atoms with E-state index in [1.54, 1.807) is 26.3 Å². The third-order valence-electron chi connectivity index (χ3n) is 7.26. The smallest absolute Gasteiger partial charge is 0.165 e. The molecule has 7 heteroatoms. The van der Waals surface area contributed by atoms with Crippen molar-refractivity contribution in [1.82, 2.24) is 9.91 Å². The van der Waals surface area contributed by atoms with Crippen LogP contribution in [-0.4, -0.2) is 56.7 Å². The molecule has 0 spiro atoms. The molecule has 1 atom stereocenters. The van der Waals surface area contributed by atoms with Gasteiger partial charge in [-0.3, -0.25) is 15.3 Å². The van der Waals surface area contributed by atoms with Gasteiger partial charge in [-0.05, 0) is 67.6 Å². The van der Waals surface area contributed by atoms with Gasteiger partial charge in [0.15, 0.2) is 11.5 Å². The van der Waals surface area contributed by atoms with Gasteiger partial charge in [0.25, 0.3) is 0 Å². The molecule has 1 fully saturated rings. The van der Waals surface area contributed by atoms with Crippen LogP contribution < -0.4 is 20.1 Å². The molecule has 1 aliphatic heterocycles. The summed E-state index contributed by atoms with van der Waals surface area (Å²) in [5, 5.41) is 10.8. The molecule has 0 aromatic heterocycles. The molecule has 1 unspecified atom stereocenters. The van der Waals surface area contributed by atoms with Crippen LogP contribution in [0.2, 0.25) is 0 Å². The molecule has 3 aromatic rings. The number of likely N-dealkylation sites (tertiary alicyclic amines) is 1. The highest BCUT2D eigenvalue weighted by Gasteiger charge is 2.34. The number of benzene rings is 3. The number of methoxy groups -OCH3 is 3. The number of nitrogens with one attached hydrogen (secondary N) is 1. The van der Waals surface area contributed by atoms with E-state index in [-0.39, 0.29) is 6.04 Å². The number of ether oxygens (including phenoxy) is 3. The van der Waals surface area contributed by atoms with Crippen molar-refractivity contribution >= 4 is 5.84 Å². The van der Waals surface area contributed by atoms with E-state index < -0.39 is 0 Å². The third-order valence-corrected chi connectivity index (χ3v) is 7.26. The fourth-order valence-electron chi connectivity index (χ4n) is 5.18. The summed E-state index contributed by atoms with van der Waals surface area (Å²) >= 11 is 0. The van der Waals surface area contributed by atoms with Gasteiger partial charge in [-0.1, -0.05) is 54.6 Å². The van der Waals surface area contributed by atoms with Gasteiger partial charge in [-0.25, -0.2) is 5.84 Å². The quantitative estimate of drug-likeness (QED) is 0.175. The van der Waals surface area contributed by atoms with Crippen LogP contribution in [0, 0.1) is 5.41 Å². The van der Waals surface area contributed by atoms with Crippen LogP contribution in [0.5, 0.6) is 17.2 Å². The zero-order valence-corrected chi connectivity index (χ0v) is 22.0. The van der Waals surface area contributed by atoms with Gasteiger partial charge in [0.05, 0.1) is 27.4 Å². The summed E-state index contributed by atoms with van der Waals surface area (Å²) < 4.78 is 16.6. The van der Waals surface area contributed by atoms with E-state index in [2.05, 4.69) is 35.2 Å². The first kappa shape index (κ1) is 26.5. The zero-order chi connectivity index (χ0) is 26.2. The predicted octanol–water partition coefficient (Wildman–Crippen LogP) is 5.03. The summed E-state index contributed by atoms with van der Waals surface area (Å²) in [5.41, 5.74) is 3.42. The average Bonchev–Trinajstić information content (AvgIpc) is 2.96. The van der Waals surface area contributed by atoms with Gasteiger partial charge in [-0.15, -0.1) is 0 Å². The van der Waals surface area contributed by atoms with E-state index >= 15 is 0 Å². The lowest BCUT2D eigenvalue weighted by Gasteiger charge is -2.40. The van der Waals surface area contributed by atoms with Gasteiger partial charge in [0.1, 0.15) is 11.6 Å². The Morgan fingerprint density at radius 2 is 1.62 bits per heavy atom. The SMILES string of the molecule is COc1ccc(CCN(N)C(=N)C(c2cccc(OC)c2OC)N2CCC(c3ccccc3)CC2)cc1. The number of rotatable bonds is 10. The summed E-state index contributed by atoms with van der Waals surface area (Å²) in [4.78, 5) is 2.35. The van der Waals surface area contributed by atoms with Crippen LogP contribution in [0.1, 0.15) is 41.5 Å². The lowest BCUT2D eigenvalue weighted by atomic mass is 9.88. The van der Waals surface area contributed by atoms with Crippen LogP contribution >= 0.6 is 0 Å². The Bertz CT molecular complexity index is 1150. The summed E-state index contributed by atoms with van der Waals surface area (Å²) in [6.07, 6.45) is 2.77. The summed E-state index contributed by atoms with van der Waals surface area (Å²) in [5.74, 6) is 9.52. The Balaban J connectivity index is 1.55. The van der Waals surface area contributed by atoms with Crippen molar-refractivity contribution < 1.29 is 14.2 Å². The Morgan fingerprint density at radius 3 is 2.24 bits per heavy atom. The fourth-order valence-corrected chi connectivity index (χ4v) is 5.18. The fraction of sp³-hybridized carbons (Fsp3) is 0.367. The maximum Gasteiger partial charge on any atom is 0.165 e. The number of piperidine rings is 1. The van der Waals surface area contributed by atoms with Crippen LogP contribution in [0.25, 0.3) is 0 Å². The lowest BCUT2D eigenvalue weighted by molar-refractivity contribution is 0.174. The average molecular weight is 503 g/mol. The van der Waals surface area contributed by atoms with Crippen LogP contribution in [0.4, 0.5) is 0 Å². The maximum atomic E-state index is 9.21. The molecule has 0 saturated carbocycles. The van der Waals surface area contributed by atoms with Crippen LogP contribution in [-0.2, 0) is 6.42 Å². The van der Waals surface area contributed by atoms with E-state index in [1.807, 2.05) is 42.5 Å². The number of hydrazine groups is 1. The minimum atomic E-state index is -0.345. The zero-order valence-electron chi connectivity index (χ0n) is 22.0. The van der Waals surface area contributed by atoms with Crippen molar-refractivity contribution in [3.8, 4) is 17.2 Å². The molecule has 0 radical (unpaired) electrons. The minimum absolute atomic E-state index is 0.345. The molecule has 196 valence electrons. The first-order chi connectivity index (χ1) is 18.0. The first-order valence-electron chi connectivity index (χ1n) is 12.8.